The fraction of sp³-hybridized carbons (Fsp3) is 0.667. The summed E-state index contributed by atoms with van der Waals surface area (Å²) in [5, 5.41) is 0. The Morgan fingerprint density at radius 2 is 1.88 bits per heavy atom. The smallest absolute Gasteiger partial charge is 0.323 e. The van der Waals surface area contributed by atoms with Crippen LogP contribution in [0.15, 0.2) is 30.3 Å². The zero-order chi connectivity index (χ0) is 18.2. The first-order chi connectivity index (χ1) is 12.0. The van der Waals surface area contributed by atoms with Gasteiger partial charge in [0.1, 0.15) is 12.1 Å². The molecule has 1 aromatic carbocycles. The molecule has 26 heavy (non-hydrogen) atoms. The van der Waals surface area contributed by atoms with Crippen molar-refractivity contribution < 1.29 is 14.3 Å². The highest BCUT2D eigenvalue weighted by Crippen LogP contribution is 2.28. The average Bonchev–Trinajstić information content (AvgIpc) is 2.63. The number of carbonyl (C=O) groups is 1. The summed E-state index contributed by atoms with van der Waals surface area (Å²) in [7, 11) is 0. The molecule has 0 radical (unpaired) electrons. The number of nitrogens with two attached hydrogens (primary N) is 1. The molecule has 4 nitrogen and oxygen atoms in total. The second-order valence-corrected chi connectivity index (χ2v) is 7.61. The number of rotatable bonds is 6. The number of cyclic esters (lactones) is 1. The van der Waals surface area contributed by atoms with E-state index in [2.05, 4.69) is 38.1 Å². The molecule has 5 heteroatoms. The standard InChI is InChI=1S/C21H33NO3.ClH/c1-15(2)9-11-18-16(3)25-21(23)19(22)13-14-24-20(18)12-10-17-7-5-4-6-8-17;/h4-8,15-16,18-20H,9-14,22H2,1-3H3;1H/t16-,18-,19-,20+;/m0./s1. The molecule has 4 atom stereocenters. The second kappa shape index (κ2) is 11.6. The minimum Gasteiger partial charge on any atom is -0.461 e. The van der Waals surface area contributed by atoms with Gasteiger partial charge < -0.3 is 15.2 Å². The number of esters is 1. The van der Waals surface area contributed by atoms with Gasteiger partial charge in [0.2, 0.25) is 0 Å². The van der Waals surface area contributed by atoms with E-state index in [1.54, 1.807) is 0 Å². The van der Waals surface area contributed by atoms with Crippen LogP contribution in [0, 0.1) is 11.8 Å². The molecular weight excluding hydrogens is 350 g/mol. The van der Waals surface area contributed by atoms with Crippen molar-refractivity contribution in [2.24, 2.45) is 17.6 Å². The first kappa shape index (κ1) is 22.9. The van der Waals surface area contributed by atoms with E-state index in [-0.39, 0.29) is 36.5 Å². The number of hydrogen-bond acceptors (Lipinski definition) is 4. The van der Waals surface area contributed by atoms with Crippen LogP contribution >= 0.6 is 12.4 Å². The number of ether oxygens (including phenoxy) is 2. The van der Waals surface area contributed by atoms with E-state index in [4.69, 9.17) is 15.2 Å². The maximum absolute atomic E-state index is 12.1. The molecule has 0 bridgehead atoms. The van der Waals surface area contributed by atoms with Crippen LogP contribution in [-0.4, -0.2) is 30.8 Å². The van der Waals surface area contributed by atoms with Crippen LogP contribution in [0.1, 0.15) is 52.0 Å². The minimum absolute atomic E-state index is 0. The van der Waals surface area contributed by atoms with Gasteiger partial charge in [-0.25, -0.2) is 0 Å². The van der Waals surface area contributed by atoms with Crippen molar-refractivity contribution >= 4 is 18.4 Å². The van der Waals surface area contributed by atoms with Gasteiger partial charge in [0.25, 0.3) is 0 Å². The number of halogens is 1. The van der Waals surface area contributed by atoms with E-state index in [1.165, 1.54) is 5.56 Å². The van der Waals surface area contributed by atoms with Crippen LogP contribution in [0.3, 0.4) is 0 Å². The monoisotopic (exact) mass is 383 g/mol. The van der Waals surface area contributed by atoms with Gasteiger partial charge in [-0.3, -0.25) is 4.79 Å². The van der Waals surface area contributed by atoms with Crippen LogP contribution in [0.2, 0.25) is 0 Å². The van der Waals surface area contributed by atoms with Gasteiger partial charge in [-0.2, -0.15) is 0 Å². The van der Waals surface area contributed by atoms with E-state index in [1.807, 2.05) is 13.0 Å². The van der Waals surface area contributed by atoms with Gasteiger partial charge in [-0.05, 0) is 44.1 Å². The maximum Gasteiger partial charge on any atom is 0.323 e. The van der Waals surface area contributed by atoms with Gasteiger partial charge in [-0.15, -0.1) is 12.4 Å². The highest BCUT2D eigenvalue weighted by atomic mass is 35.5. The largest absolute Gasteiger partial charge is 0.461 e. The lowest BCUT2D eigenvalue weighted by molar-refractivity contribution is -0.153. The van der Waals surface area contributed by atoms with Crippen molar-refractivity contribution in [3.05, 3.63) is 35.9 Å². The molecule has 0 amide bonds. The molecule has 0 saturated carbocycles. The predicted molar refractivity (Wildman–Crippen MR) is 107 cm³/mol. The number of benzene rings is 1. The fourth-order valence-electron chi connectivity index (χ4n) is 3.45. The highest BCUT2D eigenvalue weighted by Gasteiger charge is 2.33. The molecule has 0 aromatic heterocycles. The molecule has 0 spiro atoms. The molecule has 1 aliphatic heterocycles. The first-order valence-electron chi connectivity index (χ1n) is 9.59. The summed E-state index contributed by atoms with van der Waals surface area (Å²) >= 11 is 0. The van der Waals surface area contributed by atoms with Gasteiger partial charge in [-0.1, -0.05) is 50.6 Å². The number of hydrogen-bond donors (Lipinski definition) is 1. The fourth-order valence-corrected chi connectivity index (χ4v) is 3.45. The minimum atomic E-state index is -0.582. The molecule has 2 rings (SSSR count). The average molecular weight is 384 g/mol. The van der Waals surface area contributed by atoms with Gasteiger partial charge in [0.05, 0.1) is 6.10 Å². The summed E-state index contributed by atoms with van der Waals surface area (Å²) in [5.41, 5.74) is 7.22. The SMILES string of the molecule is CC(C)CC[C@H]1[C@H](C)OC(=O)[C@@H](N)CCO[C@@H]1CCc1ccccc1.Cl. The van der Waals surface area contributed by atoms with Crippen molar-refractivity contribution in [2.45, 2.75) is 71.1 Å². The number of aryl methyl sites for hydroxylation is 1. The summed E-state index contributed by atoms with van der Waals surface area (Å²) in [5.74, 6) is 0.530. The van der Waals surface area contributed by atoms with Crippen molar-refractivity contribution in [1.82, 2.24) is 0 Å². The van der Waals surface area contributed by atoms with Crippen molar-refractivity contribution in [3.8, 4) is 0 Å². The molecule has 1 heterocycles. The lowest BCUT2D eigenvalue weighted by atomic mass is 9.86. The summed E-state index contributed by atoms with van der Waals surface area (Å²) in [6, 6.07) is 9.89. The third kappa shape index (κ3) is 7.26. The molecule has 1 fully saturated rings. The Kier molecular flexibility index (Phi) is 10.2. The Bertz CT molecular complexity index is 523. The van der Waals surface area contributed by atoms with Crippen LogP contribution in [-0.2, 0) is 20.7 Å². The van der Waals surface area contributed by atoms with E-state index in [0.717, 1.165) is 25.7 Å². The summed E-state index contributed by atoms with van der Waals surface area (Å²) in [6.45, 7) is 6.95. The third-order valence-electron chi connectivity index (χ3n) is 5.08. The maximum atomic E-state index is 12.1. The Labute approximate surface area is 164 Å². The van der Waals surface area contributed by atoms with Crippen molar-refractivity contribution in [3.63, 3.8) is 0 Å². The van der Waals surface area contributed by atoms with Crippen LogP contribution in [0.25, 0.3) is 0 Å². The van der Waals surface area contributed by atoms with Gasteiger partial charge in [0.15, 0.2) is 0 Å². The summed E-state index contributed by atoms with van der Waals surface area (Å²) in [4.78, 5) is 12.1. The molecule has 1 aromatic rings. The zero-order valence-electron chi connectivity index (χ0n) is 16.2. The van der Waals surface area contributed by atoms with Crippen LogP contribution in [0.5, 0.6) is 0 Å². The number of carbonyl (C=O) groups excluding carboxylic acids is 1. The van der Waals surface area contributed by atoms with E-state index < -0.39 is 6.04 Å². The van der Waals surface area contributed by atoms with Crippen LogP contribution in [0.4, 0.5) is 0 Å². The van der Waals surface area contributed by atoms with Gasteiger partial charge in [0, 0.05) is 12.5 Å². The van der Waals surface area contributed by atoms with Crippen molar-refractivity contribution in [1.29, 1.82) is 0 Å². The predicted octanol–water partition coefficient (Wildman–Crippen LogP) is 4.14. The molecule has 1 aliphatic rings. The molecule has 1 saturated heterocycles. The molecular formula is C21H34ClNO3. The first-order valence-corrected chi connectivity index (χ1v) is 9.59. The quantitative estimate of drug-likeness (QED) is 0.750. The Morgan fingerprint density at radius 3 is 2.54 bits per heavy atom. The third-order valence-corrected chi connectivity index (χ3v) is 5.08. The lowest BCUT2D eigenvalue weighted by Gasteiger charge is -2.31. The topological polar surface area (TPSA) is 61.5 Å². The lowest BCUT2D eigenvalue weighted by Crippen LogP contribution is -2.37. The molecule has 148 valence electrons. The normalized spacial score (nSPS) is 27.0. The summed E-state index contributed by atoms with van der Waals surface area (Å²) in [6.07, 6.45) is 4.44. The van der Waals surface area contributed by atoms with E-state index in [0.29, 0.717) is 18.9 Å². The molecule has 0 unspecified atom stereocenters. The summed E-state index contributed by atoms with van der Waals surface area (Å²) < 4.78 is 11.9. The Balaban J connectivity index is 0.00000338. The highest BCUT2D eigenvalue weighted by molar-refractivity contribution is 5.85. The van der Waals surface area contributed by atoms with Crippen LogP contribution < -0.4 is 5.73 Å². The molecule has 2 N–H and O–H groups in total. The second-order valence-electron chi connectivity index (χ2n) is 7.61. The Hall–Kier alpha value is -1.10. The molecule has 0 aliphatic carbocycles. The van der Waals surface area contributed by atoms with Crippen molar-refractivity contribution in [2.75, 3.05) is 6.61 Å². The zero-order valence-corrected chi connectivity index (χ0v) is 17.0. The van der Waals surface area contributed by atoms with E-state index in [9.17, 15) is 4.79 Å². The van der Waals surface area contributed by atoms with Gasteiger partial charge >= 0.3 is 5.97 Å². The van der Waals surface area contributed by atoms with E-state index >= 15 is 0 Å². The Morgan fingerprint density at radius 1 is 1.19 bits per heavy atom.